The summed E-state index contributed by atoms with van der Waals surface area (Å²) in [7, 11) is -12.5. The minimum atomic E-state index is -4.16. The van der Waals surface area contributed by atoms with Crippen LogP contribution in [-0.2, 0) is 33.3 Å². The molecule has 12 nitrogen and oxygen atoms in total. The molecule has 4 heterocycles. The zero-order valence-electron chi connectivity index (χ0n) is 31.7. The second kappa shape index (κ2) is 20.0. The molecule has 7 rings (SSSR count). The predicted octanol–water partition coefficient (Wildman–Crippen LogP) is 1.46. The van der Waals surface area contributed by atoms with Gasteiger partial charge in [0.05, 0.1) is 55.5 Å². The molecule has 0 aliphatic carbocycles. The maximum absolute atomic E-state index is 13.4. The van der Waals surface area contributed by atoms with E-state index in [1.54, 1.807) is 109 Å². The molecule has 0 amide bonds. The Balaban J connectivity index is 0.00000567. The molecule has 58 heavy (non-hydrogen) atoms. The zero-order chi connectivity index (χ0) is 39.9. The SMILES string of the molecule is O=P([O-])(c1ccccc1)c1cccc(CN2CCN(Cc3cccc(P(=O)([O-])c4ccccc4)n3)CCN(Cc3cccc(P(=O)([O-])c4ccccc4)n3)CC2)n1.[Nd+3]. The molecule has 6 aromatic rings. The van der Waals surface area contributed by atoms with Crippen LogP contribution in [0.1, 0.15) is 17.1 Å². The van der Waals surface area contributed by atoms with Gasteiger partial charge in [0.2, 0.25) is 0 Å². The Kier molecular flexibility index (Phi) is 15.3. The molecule has 0 bridgehead atoms. The van der Waals surface area contributed by atoms with Gasteiger partial charge in [-0.1, -0.05) is 109 Å². The molecular formula is C42H42N6NdO6P3. The van der Waals surface area contributed by atoms with Crippen LogP contribution >= 0.6 is 22.1 Å². The van der Waals surface area contributed by atoms with E-state index in [1.165, 1.54) is 18.2 Å². The fourth-order valence-corrected chi connectivity index (χ4v) is 10.9. The summed E-state index contributed by atoms with van der Waals surface area (Å²) in [6.07, 6.45) is 0. The van der Waals surface area contributed by atoms with E-state index in [1.807, 2.05) is 18.2 Å². The van der Waals surface area contributed by atoms with Gasteiger partial charge in [-0.3, -0.25) is 14.7 Å². The zero-order valence-corrected chi connectivity index (χ0v) is 37.6. The van der Waals surface area contributed by atoms with Crippen molar-refractivity contribution in [3.8, 4) is 0 Å². The van der Waals surface area contributed by atoms with Crippen LogP contribution in [0.2, 0.25) is 0 Å². The van der Waals surface area contributed by atoms with Gasteiger partial charge in [0.1, 0.15) is 0 Å². The monoisotopic (exact) mass is 961 g/mol. The Labute approximate surface area is 371 Å². The Bertz CT molecular complexity index is 2150. The third-order valence-corrected chi connectivity index (χ3v) is 15.4. The van der Waals surface area contributed by atoms with Gasteiger partial charge in [0.15, 0.2) is 0 Å². The van der Waals surface area contributed by atoms with Crippen LogP contribution in [0.25, 0.3) is 0 Å². The van der Waals surface area contributed by atoms with E-state index in [9.17, 15) is 28.4 Å². The summed E-state index contributed by atoms with van der Waals surface area (Å²) in [6, 6.07) is 40.0. The van der Waals surface area contributed by atoms with Crippen molar-refractivity contribution in [2.24, 2.45) is 0 Å². The third kappa shape index (κ3) is 11.0. The summed E-state index contributed by atoms with van der Waals surface area (Å²) in [5.41, 5.74) is 1.85. The van der Waals surface area contributed by atoms with Crippen LogP contribution in [0.4, 0.5) is 0 Å². The second-order valence-electron chi connectivity index (χ2n) is 14.0. The van der Waals surface area contributed by atoms with Crippen molar-refractivity contribution in [1.82, 2.24) is 29.7 Å². The fourth-order valence-electron chi connectivity index (χ4n) is 6.77. The summed E-state index contributed by atoms with van der Waals surface area (Å²) in [4.78, 5) is 60.8. The van der Waals surface area contributed by atoms with Crippen molar-refractivity contribution in [2.75, 3.05) is 39.3 Å². The molecule has 3 unspecified atom stereocenters. The number of hydrogen-bond donors (Lipinski definition) is 0. The first-order valence-corrected chi connectivity index (χ1v) is 23.5. The van der Waals surface area contributed by atoms with Crippen LogP contribution in [0, 0.1) is 40.8 Å². The van der Waals surface area contributed by atoms with E-state index < -0.39 is 22.1 Å². The Morgan fingerprint density at radius 3 is 0.862 bits per heavy atom. The molecule has 0 spiro atoms. The van der Waals surface area contributed by atoms with Crippen molar-refractivity contribution in [1.29, 1.82) is 0 Å². The predicted molar refractivity (Wildman–Crippen MR) is 218 cm³/mol. The average Bonchev–Trinajstić information content (AvgIpc) is 3.33. The molecule has 3 atom stereocenters. The van der Waals surface area contributed by atoms with Gasteiger partial charge in [0, 0.05) is 74.8 Å². The first-order valence-electron chi connectivity index (χ1n) is 18.6. The number of hydrogen-bond acceptors (Lipinski definition) is 12. The van der Waals surface area contributed by atoms with E-state index in [0.717, 1.165) is 0 Å². The molecule has 16 heteroatoms. The van der Waals surface area contributed by atoms with Gasteiger partial charge < -0.3 is 28.4 Å². The molecule has 1 saturated heterocycles. The molecule has 1 aliphatic rings. The number of benzene rings is 3. The molecule has 0 saturated carbocycles. The van der Waals surface area contributed by atoms with Gasteiger partial charge in [-0.2, -0.15) is 0 Å². The van der Waals surface area contributed by atoms with E-state index >= 15 is 0 Å². The minimum absolute atomic E-state index is 0. The van der Waals surface area contributed by atoms with Gasteiger partial charge in [0.25, 0.3) is 0 Å². The minimum Gasteiger partial charge on any atom is -0.792 e. The van der Waals surface area contributed by atoms with Crippen LogP contribution in [0.3, 0.4) is 0 Å². The topological polar surface area (TPSA) is 169 Å². The first-order chi connectivity index (χ1) is 27.5. The summed E-state index contributed by atoms with van der Waals surface area (Å²) in [5, 5.41) is 0.606. The second-order valence-corrected chi connectivity index (χ2v) is 20.2. The number of nitrogens with zero attached hydrogens (tertiary/aromatic N) is 6. The third-order valence-electron chi connectivity index (χ3n) is 9.92. The normalized spacial score (nSPS) is 17.6. The fraction of sp³-hybridized carbons (Fsp3) is 0.214. The van der Waals surface area contributed by atoms with Gasteiger partial charge >= 0.3 is 40.8 Å². The van der Waals surface area contributed by atoms with Crippen molar-refractivity contribution < 1.29 is 69.2 Å². The molecule has 3 aromatic heterocycles. The van der Waals surface area contributed by atoms with E-state index in [4.69, 9.17) is 0 Å². The molecule has 1 radical (unpaired) electrons. The average molecular weight is 964 g/mol. The Morgan fingerprint density at radius 1 is 0.379 bits per heavy atom. The smallest absolute Gasteiger partial charge is 0.792 e. The molecule has 295 valence electrons. The number of aromatic nitrogens is 3. The van der Waals surface area contributed by atoms with E-state index in [0.29, 0.717) is 76.0 Å². The van der Waals surface area contributed by atoms with Crippen LogP contribution in [0.5, 0.6) is 0 Å². The maximum atomic E-state index is 13.4. The van der Waals surface area contributed by atoms with Gasteiger partial charge in [-0.25, -0.2) is 15.0 Å². The van der Waals surface area contributed by atoms with Crippen LogP contribution in [-0.4, -0.2) is 68.9 Å². The molecule has 1 fully saturated rings. The van der Waals surface area contributed by atoms with Gasteiger partial charge in [-0.05, 0) is 36.4 Å². The Morgan fingerprint density at radius 2 is 0.621 bits per heavy atom. The Hall–Kier alpha value is -3.09. The summed E-state index contributed by atoms with van der Waals surface area (Å²) in [5.74, 6) is 0. The summed E-state index contributed by atoms with van der Waals surface area (Å²) in [6.45, 7) is 4.84. The number of rotatable bonds is 12. The number of pyridine rings is 3. The quantitative estimate of drug-likeness (QED) is 0.162. The van der Waals surface area contributed by atoms with Gasteiger partial charge in [-0.15, -0.1) is 0 Å². The molecule has 1 aliphatic heterocycles. The van der Waals surface area contributed by atoms with E-state index in [-0.39, 0.29) is 73.1 Å². The van der Waals surface area contributed by atoms with Crippen LogP contribution < -0.4 is 46.9 Å². The standard InChI is InChI=1S/C42H45N6O6P3.Nd/c49-55(50,37-16-4-1-5-17-37)40-22-10-13-34(43-40)31-46-25-27-47(32-35-14-11-23-41(44-35)56(51,52)38-18-6-2-7-19-38)29-30-48(28-26-46)33-36-15-12-24-42(45-36)57(53,54)39-20-8-3-9-21-39;/h1-24H,25-33H2,(H,49,50)(H,51,52)(H,53,54);/q;+3/p-3. The molecular weight excluding hydrogens is 922 g/mol. The first kappa shape index (κ1) is 44.5. The summed E-state index contributed by atoms with van der Waals surface area (Å²) < 4.78 is 40.3. The van der Waals surface area contributed by atoms with Crippen molar-refractivity contribution >= 4 is 54.3 Å². The van der Waals surface area contributed by atoms with Crippen molar-refractivity contribution in [3.63, 3.8) is 0 Å². The maximum Gasteiger partial charge on any atom is 3.00 e. The summed E-state index contributed by atoms with van der Waals surface area (Å²) >= 11 is 0. The largest absolute Gasteiger partial charge is 3.00 e. The molecule has 3 aromatic carbocycles. The molecule has 0 N–H and O–H groups in total. The van der Waals surface area contributed by atoms with Crippen molar-refractivity contribution in [3.05, 3.63) is 163 Å². The van der Waals surface area contributed by atoms with Crippen molar-refractivity contribution in [2.45, 2.75) is 19.6 Å². The van der Waals surface area contributed by atoms with Crippen LogP contribution in [0.15, 0.2) is 146 Å². The van der Waals surface area contributed by atoms with E-state index in [2.05, 4.69) is 29.7 Å².